The Bertz CT molecular complexity index is 481. The van der Waals surface area contributed by atoms with E-state index in [2.05, 4.69) is 18.0 Å². The van der Waals surface area contributed by atoms with Crippen molar-refractivity contribution in [2.45, 2.75) is 11.7 Å². The lowest BCUT2D eigenvalue weighted by molar-refractivity contribution is 0.202. The fourth-order valence-corrected chi connectivity index (χ4v) is 3.83. The lowest BCUT2D eigenvalue weighted by atomic mass is 10.1. The Morgan fingerprint density at radius 3 is 3.05 bits per heavy atom. The highest BCUT2D eigenvalue weighted by Crippen LogP contribution is 2.37. The van der Waals surface area contributed by atoms with Crippen LogP contribution in [0.2, 0.25) is 5.02 Å². The summed E-state index contributed by atoms with van der Waals surface area (Å²) in [5.41, 5.74) is 1.17. The first-order valence-corrected chi connectivity index (χ1v) is 8.14. The third kappa shape index (κ3) is 3.93. The maximum Gasteiger partial charge on any atom is 0.317 e. The summed E-state index contributed by atoms with van der Waals surface area (Å²) >= 11 is 8.13. The van der Waals surface area contributed by atoms with Gasteiger partial charge in [-0.3, -0.25) is 0 Å². The fourth-order valence-electron chi connectivity index (χ4n) is 2.23. The molecule has 0 spiro atoms. The van der Waals surface area contributed by atoms with Gasteiger partial charge in [0, 0.05) is 35.7 Å². The number of urea groups is 1. The molecule has 1 unspecified atom stereocenters. The number of rotatable bonds is 3. The van der Waals surface area contributed by atoms with Crippen LogP contribution in [0, 0.1) is 0 Å². The van der Waals surface area contributed by atoms with Crippen molar-refractivity contribution in [1.82, 2.24) is 10.2 Å². The van der Waals surface area contributed by atoms with Gasteiger partial charge < -0.3 is 10.2 Å². The number of amides is 2. The van der Waals surface area contributed by atoms with E-state index in [0.29, 0.717) is 11.8 Å². The number of nitrogens with one attached hydrogen (secondary N) is 1. The smallest absolute Gasteiger partial charge is 0.317 e. The van der Waals surface area contributed by atoms with E-state index >= 15 is 0 Å². The van der Waals surface area contributed by atoms with Crippen LogP contribution in [-0.4, -0.2) is 36.3 Å². The summed E-state index contributed by atoms with van der Waals surface area (Å²) in [7, 11) is 0. The second-order valence-electron chi connectivity index (χ2n) is 4.63. The third-order valence-corrected chi connectivity index (χ3v) is 4.93. The van der Waals surface area contributed by atoms with Crippen LogP contribution in [0.3, 0.4) is 0 Å². The quantitative estimate of drug-likeness (QED) is 0.863. The lowest BCUT2D eigenvalue weighted by Crippen LogP contribution is -2.41. The minimum Gasteiger partial charge on any atom is -0.335 e. The van der Waals surface area contributed by atoms with Crippen molar-refractivity contribution in [3.05, 3.63) is 47.5 Å². The summed E-state index contributed by atoms with van der Waals surface area (Å²) in [5, 5.41) is 4.01. The molecule has 0 aliphatic carbocycles. The van der Waals surface area contributed by atoms with Crippen molar-refractivity contribution in [3.63, 3.8) is 0 Å². The number of nitrogens with zero attached hydrogens (tertiary/aromatic N) is 1. The van der Waals surface area contributed by atoms with Gasteiger partial charge in [-0.2, -0.15) is 11.8 Å². The maximum absolute atomic E-state index is 12.0. The second-order valence-corrected chi connectivity index (χ2v) is 6.35. The zero-order chi connectivity index (χ0) is 14.4. The van der Waals surface area contributed by atoms with Gasteiger partial charge in [0.2, 0.25) is 0 Å². The zero-order valence-electron chi connectivity index (χ0n) is 11.3. The highest BCUT2D eigenvalue weighted by molar-refractivity contribution is 7.99. The van der Waals surface area contributed by atoms with Crippen LogP contribution in [0.25, 0.3) is 0 Å². The maximum atomic E-state index is 12.0. The number of hydrogen-bond donors (Lipinski definition) is 1. The van der Waals surface area contributed by atoms with E-state index < -0.39 is 0 Å². The van der Waals surface area contributed by atoms with E-state index in [4.69, 9.17) is 11.6 Å². The molecular formula is C15H19ClN2OS. The van der Waals surface area contributed by atoms with Crippen LogP contribution < -0.4 is 5.32 Å². The summed E-state index contributed by atoms with van der Waals surface area (Å²) in [6, 6.07) is 7.96. The van der Waals surface area contributed by atoms with E-state index in [1.54, 1.807) is 6.08 Å². The topological polar surface area (TPSA) is 32.3 Å². The molecule has 1 aliphatic rings. The molecule has 1 atom stereocenters. The monoisotopic (exact) mass is 310 g/mol. The van der Waals surface area contributed by atoms with Crippen LogP contribution in [0.1, 0.15) is 17.2 Å². The molecule has 0 radical (unpaired) electrons. The first kappa shape index (κ1) is 15.3. The Kier molecular flexibility index (Phi) is 5.80. The first-order valence-electron chi connectivity index (χ1n) is 6.72. The summed E-state index contributed by atoms with van der Waals surface area (Å²) in [6.45, 7) is 5.64. The Morgan fingerprint density at radius 2 is 2.30 bits per heavy atom. The molecular weight excluding hydrogens is 292 g/mol. The van der Waals surface area contributed by atoms with Crippen molar-refractivity contribution in [2.75, 3.05) is 25.4 Å². The van der Waals surface area contributed by atoms with Crippen molar-refractivity contribution >= 4 is 29.4 Å². The first-order chi connectivity index (χ1) is 9.72. The molecule has 1 N–H and O–H groups in total. The van der Waals surface area contributed by atoms with Crippen LogP contribution in [0.15, 0.2) is 36.9 Å². The van der Waals surface area contributed by atoms with Crippen molar-refractivity contribution in [2.24, 2.45) is 0 Å². The number of carbonyl (C=O) groups is 1. The van der Waals surface area contributed by atoms with Crippen LogP contribution in [-0.2, 0) is 0 Å². The van der Waals surface area contributed by atoms with E-state index in [1.165, 1.54) is 5.56 Å². The Morgan fingerprint density at radius 1 is 1.50 bits per heavy atom. The van der Waals surface area contributed by atoms with E-state index in [1.807, 2.05) is 34.9 Å². The average molecular weight is 311 g/mol. The fraction of sp³-hybridized carbons (Fsp3) is 0.400. The van der Waals surface area contributed by atoms with Crippen molar-refractivity contribution in [1.29, 1.82) is 0 Å². The largest absolute Gasteiger partial charge is 0.335 e. The SMILES string of the molecule is C=CCNC(=O)N1CCSC(c2ccccc2Cl)CC1. The van der Waals surface area contributed by atoms with E-state index in [9.17, 15) is 4.79 Å². The van der Waals surface area contributed by atoms with Crippen LogP contribution in [0.4, 0.5) is 4.79 Å². The number of carbonyl (C=O) groups excluding carboxylic acids is 1. The summed E-state index contributed by atoms with van der Waals surface area (Å²) in [5.74, 6) is 0.928. The second kappa shape index (κ2) is 7.60. The van der Waals surface area contributed by atoms with E-state index in [0.717, 1.165) is 30.3 Å². The molecule has 1 aromatic rings. The molecule has 1 fully saturated rings. The molecule has 1 aliphatic heterocycles. The Balaban J connectivity index is 1.97. The molecule has 0 saturated carbocycles. The molecule has 1 saturated heterocycles. The van der Waals surface area contributed by atoms with Gasteiger partial charge in [0.15, 0.2) is 0 Å². The lowest BCUT2D eigenvalue weighted by Gasteiger charge is -2.20. The highest BCUT2D eigenvalue weighted by atomic mass is 35.5. The van der Waals surface area contributed by atoms with Gasteiger partial charge in [0.25, 0.3) is 0 Å². The molecule has 20 heavy (non-hydrogen) atoms. The van der Waals surface area contributed by atoms with Gasteiger partial charge in [-0.25, -0.2) is 4.79 Å². The third-order valence-electron chi connectivity index (χ3n) is 3.28. The van der Waals surface area contributed by atoms with Gasteiger partial charge in [-0.05, 0) is 18.1 Å². The standard InChI is InChI=1S/C15H19ClN2OS/c1-2-8-17-15(19)18-9-7-14(20-11-10-18)12-5-3-4-6-13(12)16/h2-6,14H,1,7-11H2,(H,17,19). The molecule has 1 aromatic carbocycles. The van der Waals surface area contributed by atoms with Gasteiger partial charge in [0.1, 0.15) is 0 Å². The normalized spacial score (nSPS) is 19.2. The zero-order valence-corrected chi connectivity index (χ0v) is 12.9. The Labute approximate surface area is 129 Å². The van der Waals surface area contributed by atoms with Crippen molar-refractivity contribution < 1.29 is 4.79 Å². The highest BCUT2D eigenvalue weighted by Gasteiger charge is 2.22. The number of benzene rings is 1. The number of thioether (sulfide) groups is 1. The number of halogens is 1. The molecule has 108 valence electrons. The molecule has 2 amide bonds. The summed E-state index contributed by atoms with van der Waals surface area (Å²) in [4.78, 5) is 13.8. The minimum absolute atomic E-state index is 0.00897. The molecule has 1 heterocycles. The average Bonchev–Trinajstić information content (AvgIpc) is 2.71. The van der Waals surface area contributed by atoms with Crippen LogP contribution in [0.5, 0.6) is 0 Å². The molecule has 3 nitrogen and oxygen atoms in total. The predicted molar refractivity (Wildman–Crippen MR) is 86.4 cm³/mol. The Hall–Kier alpha value is -1.13. The van der Waals surface area contributed by atoms with Gasteiger partial charge in [0.05, 0.1) is 0 Å². The summed E-state index contributed by atoms with van der Waals surface area (Å²) in [6.07, 6.45) is 2.62. The van der Waals surface area contributed by atoms with Gasteiger partial charge >= 0.3 is 6.03 Å². The van der Waals surface area contributed by atoms with Crippen LogP contribution >= 0.6 is 23.4 Å². The molecule has 0 aromatic heterocycles. The van der Waals surface area contributed by atoms with Crippen molar-refractivity contribution in [3.8, 4) is 0 Å². The minimum atomic E-state index is -0.00897. The summed E-state index contributed by atoms with van der Waals surface area (Å²) < 4.78 is 0. The van der Waals surface area contributed by atoms with E-state index in [-0.39, 0.29) is 6.03 Å². The molecule has 5 heteroatoms. The predicted octanol–water partition coefficient (Wildman–Crippen LogP) is 3.72. The molecule has 2 rings (SSSR count). The number of hydrogen-bond acceptors (Lipinski definition) is 2. The van der Waals surface area contributed by atoms with Gasteiger partial charge in [-0.1, -0.05) is 35.9 Å². The molecule has 0 bridgehead atoms. The van der Waals surface area contributed by atoms with Gasteiger partial charge in [-0.15, -0.1) is 6.58 Å².